The van der Waals surface area contributed by atoms with E-state index in [1.54, 1.807) is 0 Å². The van der Waals surface area contributed by atoms with Crippen LogP contribution < -0.4 is 0 Å². The summed E-state index contributed by atoms with van der Waals surface area (Å²) in [4.78, 5) is 1.44. The number of halogens is 2. The zero-order chi connectivity index (χ0) is 9.90. The minimum Gasteiger partial charge on any atom is -0.379 e. The number of morpholine rings is 1. The Bertz CT molecular complexity index is 178. The zero-order valence-electron chi connectivity index (χ0n) is 7.80. The number of ether oxygens (including phenoxy) is 1. The highest BCUT2D eigenvalue weighted by Gasteiger charge is 2.36. The fraction of sp³-hybridized carbons (Fsp3) is 0.778. The number of nitrogens with zero attached hydrogens (tertiary/aromatic N) is 1. The fourth-order valence-electron chi connectivity index (χ4n) is 1.26. The Balaban J connectivity index is 2.54. The second-order valence-corrected chi connectivity index (χ2v) is 3.34. The van der Waals surface area contributed by atoms with Crippen LogP contribution in [0.15, 0.2) is 12.7 Å². The summed E-state index contributed by atoms with van der Waals surface area (Å²) in [6.07, 6.45) is -0.610. The normalized spacial score (nSPS) is 26.4. The summed E-state index contributed by atoms with van der Waals surface area (Å²) in [5.74, 6) is 0. The lowest BCUT2D eigenvalue weighted by atomic mass is 10.1. The van der Waals surface area contributed by atoms with Crippen molar-refractivity contribution in [2.45, 2.75) is 18.9 Å². The van der Waals surface area contributed by atoms with E-state index < -0.39 is 12.0 Å². The summed E-state index contributed by atoms with van der Waals surface area (Å²) in [6, 6.07) is 0. The first-order chi connectivity index (χ1) is 6.08. The molecule has 0 radical (unpaired) electrons. The molecule has 13 heavy (non-hydrogen) atoms. The third-order valence-corrected chi connectivity index (χ3v) is 2.23. The van der Waals surface area contributed by atoms with Crippen molar-refractivity contribution in [3.05, 3.63) is 12.7 Å². The van der Waals surface area contributed by atoms with Crippen molar-refractivity contribution in [2.75, 3.05) is 26.3 Å². The van der Waals surface area contributed by atoms with Gasteiger partial charge in [-0.3, -0.25) is 4.90 Å². The Kier molecular flexibility index (Phi) is 3.39. The van der Waals surface area contributed by atoms with Gasteiger partial charge in [0.25, 0.3) is 0 Å². The zero-order valence-corrected chi connectivity index (χ0v) is 7.80. The van der Waals surface area contributed by atoms with Crippen LogP contribution in [0.25, 0.3) is 0 Å². The van der Waals surface area contributed by atoms with Crippen LogP contribution in [0.3, 0.4) is 0 Å². The van der Waals surface area contributed by atoms with Gasteiger partial charge in [0.05, 0.1) is 13.2 Å². The molecule has 2 unspecified atom stereocenters. The van der Waals surface area contributed by atoms with E-state index in [2.05, 4.69) is 6.58 Å². The van der Waals surface area contributed by atoms with Gasteiger partial charge in [-0.25, -0.2) is 8.78 Å². The van der Waals surface area contributed by atoms with Crippen LogP contribution in [0.1, 0.15) is 6.92 Å². The molecule has 0 amide bonds. The molecule has 2 nitrogen and oxygen atoms in total. The van der Waals surface area contributed by atoms with Gasteiger partial charge in [-0.1, -0.05) is 12.7 Å². The van der Waals surface area contributed by atoms with Gasteiger partial charge in [-0.2, -0.15) is 0 Å². The predicted molar refractivity (Wildman–Crippen MR) is 47.0 cm³/mol. The average molecular weight is 191 g/mol. The molecule has 1 aliphatic heterocycles. The monoisotopic (exact) mass is 191 g/mol. The van der Waals surface area contributed by atoms with Gasteiger partial charge in [0.15, 0.2) is 12.0 Å². The van der Waals surface area contributed by atoms with E-state index in [4.69, 9.17) is 4.74 Å². The van der Waals surface area contributed by atoms with Crippen molar-refractivity contribution in [3.8, 4) is 0 Å². The maximum Gasteiger partial charge on any atom is 0.191 e. The Morgan fingerprint density at radius 3 is 2.54 bits per heavy atom. The van der Waals surface area contributed by atoms with Crippen molar-refractivity contribution in [1.82, 2.24) is 4.90 Å². The summed E-state index contributed by atoms with van der Waals surface area (Å²) >= 11 is 0. The fourth-order valence-corrected chi connectivity index (χ4v) is 1.26. The Labute approximate surface area is 77.2 Å². The molecular formula is C9H15F2NO. The largest absolute Gasteiger partial charge is 0.379 e. The summed E-state index contributed by atoms with van der Waals surface area (Å²) in [6.45, 7) is 6.28. The Hall–Kier alpha value is -0.480. The molecule has 1 saturated heterocycles. The van der Waals surface area contributed by atoms with Gasteiger partial charge in [-0.15, -0.1) is 0 Å². The van der Waals surface area contributed by atoms with Crippen LogP contribution in [0.5, 0.6) is 0 Å². The summed E-state index contributed by atoms with van der Waals surface area (Å²) in [7, 11) is 0. The summed E-state index contributed by atoms with van der Waals surface area (Å²) in [5.41, 5.74) is -1.97. The van der Waals surface area contributed by atoms with Gasteiger partial charge < -0.3 is 4.74 Å². The first-order valence-corrected chi connectivity index (χ1v) is 4.36. The standard InChI is InChI=1S/C9H15F2NO/c1-3-9(2,11)8(10)12-4-6-13-7-5-12/h3,8H,1,4-7H2,2H3. The van der Waals surface area contributed by atoms with Crippen LogP contribution in [0.2, 0.25) is 0 Å². The number of alkyl halides is 2. The average Bonchev–Trinajstić information content (AvgIpc) is 2.18. The van der Waals surface area contributed by atoms with E-state index in [1.165, 1.54) is 11.8 Å². The number of hydrogen-bond donors (Lipinski definition) is 0. The number of hydrogen-bond acceptors (Lipinski definition) is 2. The Morgan fingerprint density at radius 2 is 2.08 bits per heavy atom. The molecule has 0 aromatic carbocycles. The third-order valence-electron chi connectivity index (χ3n) is 2.23. The van der Waals surface area contributed by atoms with Gasteiger partial charge in [0.1, 0.15) is 0 Å². The van der Waals surface area contributed by atoms with E-state index in [9.17, 15) is 8.78 Å². The van der Waals surface area contributed by atoms with Gasteiger partial charge >= 0.3 is 0 Å². The molecule has 0 aromatic rings. The minimum atomic E-state index is -1.97. The molecule has 1 aliphatic rings. The lowest BCUT2D eigenvalue weighted by molar-refractivity contribution is -0.0683. The first-order valence-electron chi connectivity index (χ1n) is 4.36. The Morgan fingerprint density at radius 1 is 1.54 bits per heavy atom. The van der Waals surface area contributed by atoms with E-state index in [1.807, 2.05) is 0 Å². The maximum absolute atomic E-state index is 13.5. The molecule has 0 bridgehead atoms. The molecule has 1 heterocycles. The van der Waals surface area contributed by atoms with Crippen molar-refractivity contribution in [1.29, 1.82) is 0 Å². The molecule has 4 heteroatoms. The molecule has 0 aromatic heterocycles. The third kappa shape index (κ3) is 2.48. The van der Waals surface area contributed by atoms with Crippen LogP contribution in [0.4, 0.5) is 8.78 Å². The van der Waals surface area contributed by atoms with E-state index >= 15 is 0 Å². The topological polar surface area (TPSA) is 12.5 Å². The van der Waals surface area contributed by atoms with Gasteiger partial charge in [0.2, 0.25) is 0 Å². The number of rotatable bonds is 3. The van der Waals surface area contributed by atoms with E-state index in [0.717, 1.165) is 6.08 Å². The SMILES string of the molecule is C=CC(C)(F)C(F)N1CCOCC1. The quantitative estimate of drug-likeness (QED) is 0.495. The van der Waals surface area contributed by atoms with Crippen molar-refractivity contribution < 1.29 is 13.5 Å². The molecule has 1 fully saturated rings. The van der Waals surface area contributed by atoms with E-state index in [-0.39, 0.29) is 0 Å². The highest BCUT2D eigenvalue weighted by Crippen LogP contribution is 2.23. The van der Waals surface area contributed by atoms with Gasteiger partial charge in [0, 0.05) is 13.1 Å². The lowest BCUT2D eigenvalue weighted by Gasteiger charge is -2.34. The van der Waals surface area contributed by atoms with Crippen LogP contribution in [-0.4, -0.2) is 43.2 Å². The minimum absolute atomic E-state index is 0.439. The molecule has 2 atom stereocenters. The second kappa shape index (κ2) is 4.15. The molecule has 76 valence electrons. The molecule has 0 spiro atoms. The summed E-state index contributed by atoms with van der Waals surface area (Å²) < 4.78 is 32.0. The van der Waals surface area contributed by atoms with Crippen LogP contribution in [0, 0.1) is 0 Å². The molecule has 1 rings (SSSR count). The predicted octanol–water partition coefficient (Wildman–Crippen LogP) is 1.53. The summed E-state index contributed by atoms with van der Waals surface area (Å²) in [5, 5.41) is 0. The molecular weight excluding hydrogens is 176 g/mol. The van der Waals surface area contributed by atoms with E-state index in [0.29, 0.717) is 26.3 Å². The van der Waals surface area contributed by atoms with Crippen molar-refractivity contribution >= 4 is 0 Å². The highest BCUT2D eigenvalue weighted by molar-refractivity contribution is 4.98. The maximum atomic E-state index is 13.5. The van der Waals surface area contributed by atoms with Crippen molar-refractivity contribution in [2.24, 2.45) is 0 Å². The highest BCUT2D eigenvalue weighted by atomic mass is 19.2. The van der Waals surface area contributed by atoms with Gasteiger partial charge in [-0.05, 0) is 6.92 Å². The molecule has 0 saturated carbocycles. The molecule has 0 N–H and O–H groups in total. The van der Waals surface area contributed by atoms with Crippen LogP contribution >= 0.6 is 0 Å². The lowest BCUT2D eigenvalue weighted by Crippen LogP contribution is -2.49. The molecule has 0 aliphatic carbocycles. The first kappa shape index (κ1) is 10.6. The second-order valence-electron chi connectivity index (χ2n) is 3.34. The van der Waals surface area contributed by atoms with Crippen LogP contribution in [-0.2, 0) is 4.74 Å². The smallest absolute Gasteiger partial charge is 0.191 e. The van der Waals surface area contributed by atoms with Crippen molar-refractivity contribution in [3.63, 3.8) is 0 Å².